The van der Waals surface area contributed by atoms with Gasteiger partial charge in [0.2, 0.25) is 5.91 Å². The maximum atomic E-state index is 13.9. The van der Waals surface area contributed by atoms with Crippen molar-refractivity contribution in [2.75, 3.05) is 14.2 Å². The molecular formula is C27H33N3O5. The standard InChI is InChI=1S/C27H33N3O5/c1-17-8-10-19(11-9-17)28-26(32)27(2)16-29-20-12-13-35-23(20)14-21(29)25(31)30(27)15-18-6-5-7-22(33-3)24(18)34-4/h5-7,12-14,17,19H,8-11,15-16H2,1-4H3,(H,28,32)/t17?,19?,27-/m1/s1. The SMILES string of the molecule is COc1cccc(CN2C(=O)c3cc4occc4n3C[C@]2(C)C(=O)NC2CCC(C)CC2)c1OC. The molecule has 1 atom stereocenters. The topological polar surface area (TPSA) is 85.9 Å². The van der Waals surface area contributed by atoms with Gasteiger partial charge in [0.15, 0.2) is 17.1 Å². The second-order valence-electron chi connectivity index (χ2n) is 10.0. The highest BCUT2D eigenvalue weighted by Gasteiger charge is 2.48. The fraction of sp³-hybridized carbons (Fsp3) is 0.481. The van der Waals surface area contributed by atoms with E-state index in [4.69, 9.17) is 13.9 Å². The number of hydrogen-bond acceptors (Lipinski definition) is 5. The van der Waals surface area contributed by atoms with Crippen LogP contribution in [-0.4, -0.2) is 47.1 Å². The van der Waals surface area contributed by atoms with Crippen LogP contribution in [0.15, 0.2) is 41.0 Å². The fourth-order valence-electron chi connectivity index (χ4n) is 5.51. The number of carbonyl (C=O) groups is 2. The molecule has 0 unspecified atom stereocenters. The number of fused-ring (bicyclic) bond motifs is 3. The molecule has 0 spiro atoms. The molecule has 5 rings (SSSR count). The molecule has 8 heteroatoms. The van der Waals surface area contributed by atoms with Crippen LogP contribution < -0.4 is 14.8 Å². The molecule has 0 saturated heterocycles. The fourth-order valence-corrected chi connectivity index (χ4v) is 5.51. The predicted octanol–water partition coefficient (Wildman–Crippen LogP) is 4.36. The number of methoxy groups -OCH3 is 2. The number of rotatable bonds is 6. The Morgan fingerprint density at radius 3 is 2.66 bits per heavy atom. The molecule has 8 nitrogen and oxygen atoms in total. The summed E-state index contributed by atoms with van der Waals surface area (Å²) >= 11 is 0. The van der Waals surface area contributed by atoms with Gasteiger partial charge >= 0.3 is 0 Å². The Morgan fingerprint density at radius 2 is 1.94 bits per heavy atom. The van der Waals surface area contributed by atoms with Crippen LogP contribution in [0.25, 0.3) is 11.1 Å². The van der Waals surface area contributed by atoms with Crippen LogP contribution in [0, 0.1) is 5.92 Å². The normalized spacial score (nSPS) is 24.3. The minimum atomic E-state index is -1.11. The first-order chi connectivity index (χ1) is 16.9. The average Bonchev–Trinajstić information content (AvgIpc) is 3.45. The maximum Gasteiger partial charge on any atom is 0.271 e. The number of nitrogens with one attached hydrogen (secondary N) is 1. The zero-order valence-electron chi connectivity index (χ0n) is 20.8. The zero-order chi connectivity index (χ0) is 24.7. The third-order valence-corrected chi connectivity index (χ3v) is 7.70. The zero-order valence-corrected chi connectivity index (χ0v) is 20.8. The lowest BCUT2D eigenvalue weighted by Gasteiger charge is -2.45. The second kappa shape index (κ2) is 8.98. The predicted molar refractivity (Wildman–Crippen MR) is 132 cm³/mol. The summed E-state index contributed by atoms with van der Waals surface area (Å²) in [6, 6.07) is 9.30. The van der Waals surface area contributed by atoms with E-state index < -0.39 is 5.54 Å². The van der Waals surface area contributed by atoms with Crippen LogP contribution in [0.3, 0.4) is 0 Å². The second-order valence-corrected chi connectivity index (χ2v) is 10.0. The molecule has 1 aliphatic carbocycles. The largest absolute Gasteiger partial charge is 0.493 e. The van der Waals surface area contributed by atoms with E-state index in [0.29, 0.717) is 35.2 Å². The molecule has 2 amide bonds. The van der Waals surface area contributed by atoms with Gasteiger partial charge in [-0.3, -0.25) is 9.59 Å². The van der Waals surface area contributed by atoms with Crippen molar-refractivity contribution in [1.82, 2.24) is 14.8 Å². The highest BCUT2D eigenvalue weighted by atomic mass is 16.5. The van der Waals surface area contributed by atoms with Crippen LogP contribution in [0.1, 0.15) is 55.6 Å². The molecule has 0 bridgehead atoms. The van der Waals surface area contributed by atoms with E-state index in [-0.39, 0.29) is 24.4 Å². The van der Waals surface area contributed by atoms with Gasteiger partial charge in [-0.1, -0.05) is 19.1 Å². The number of para-hydroxylation sites is 1. The molecule has 1 fully saturated rings. The van der Waals surface area contributed by atoms with Crippen molar-refractivity contribution in [1.29, 1.82) is 0 Å². The van der Waals surface area contributed by atoms with Gasteiger partial charge in [0.1, 0.15) is 11.2 Å². The Bertz CT molecular complexity index is 1250. The van der Waals surface area contributed by atoms with Crippen molar-refractivity contribution in [2.45, 2.75) is 64.2 Å². The molecular weight excluding hydrogens is 446 g/mol. The first-order valence-electron chi connectivity index (χ1n) is 12.2. The quantitative estimate of drug-likeness (QED) is 0.568. The Hall–Kier alpha value is -3.42. The number of nitrogens with zero attached hydrogens (tertiary/aromatic N) is 2. The third kappa shape index (κ3) is 3.94. The lowest BCUT2D eigenvalue weighted by atomic mass is 9.86. The summed E-state index contributed by atoms with van der Waals surface area (Å²) in [6.07, 6.45) is 5.73. The first kappa shape index (κ1) is 23.3. The summed E-state index contributed by atoms with van der Waals surface area (Å²) in [7, 11) is 3.16. The van der Waals surface area contributed by atoms with Crippen LogP contribution in [0.5, 0.6) is 11.5 Å². The first-order valence-corrected chi connectivity index (χ1v) is 12.2. The maximum absolute atomic E-state index is 13.9. The van der Waals surface area contributed by atoms with E-state index in [0.717, 1.165) is 36.8 Å². The van der Waals surface area contributed by atoms with Crippen molar-refractivity contribution in [3.8, 4) is 11.5 Å². The Labute approximate surface area is 205 Å². The van der Waals surface area contributed by atoms with E-state index in [1.54, 1.807) is 31.4 Å². The molecule has 186 valence electrons. The van der Waals surface area contributed by atoms with Crippen LogP contribution in [0.4, 0.5) is 0 Å². The minimum Gasteiger partial charge on any atom is -0.493 e. The van der Waals surface area contributed by atoms with E-state index in [2.05, 4.69) is 12.2 Å². The number of ether oxygens (including phenoxy) is 2. The summed E-state index contributed by atoms with van der Waals surface area (Å²) in [5, 5.41) is 3.28. The smallest absolute Gasteiger partial charge is 0.271 e. The Morgan fingerprint density at radius 1 is 1.17 bits per heavy atom. The van der Waals surface area contributed by atoms with Crippen molar-refractivity contribution >= 4 is 22.9 Å². The number of hydrogen-bond donors (Lipinski definition) is 1. The van der Waals surface area contributed by atoms with E-state index in [9.17, 15) is 9.59 Å². The minimum absolute atomic E-state index is 0.124. The average molecular weight is 480 g/mol. The highest BCUT2D eigenvalue weighted by Crippen LogP contribution is 2.37. The van der Waals surface area contributed by atoms with E-state index in [1.807, 2.05) is 35.8 Å². The third-order valence-electron chi connectivity index (χ3n) is 7.70. The molecule has 1 aromatic carbocycles. The summed E-state index contributed by atoms with van der Waals surface area (Å²) < 4.78 is 18.6. The van der Waals surface area contributed by atoms with Crippen LogP contribution in [0.2, 0.25) is 0 Å². The van der Waals surface area contributed by atoms with Crippen molar-refractivity contribution < 1.29 is 23.5 Å². The molecule has 1 aliphatic heterocycles. The Balaban J connectivity index is 1.54. The number of benzene rings is 1. The molecule has 35 heavy (non-hydrogen) atoms. The van der Waals surface area contributed by atoms with Gasteiger partial charge in [-0.15, -0.1) is 0 Å². The van der Waals surface area contributed by atoms with Gasteiger partial charge in [0.25, 0.3) is 5.91 Å². The summed E-state index contributed by atoms with van der Waals surface area (Å²) in [5.41, 5.74) is 1.63. The van der Waals surface area contributed by atoms with Crippen molar-refractivity contribution in [2.24, 2.45) is 5.92 Å². The lowest BCUT2D eigenvalue weighted by molar-refractivity contribution is -0.134. The molecule has 0 radical (unpaired) electrons. The van der Waals surface area contributed by atoms with Gasteiger partial charge in [0, 0.05) is 23.7 Å². The van der Waals surface area contributed by atoms with Crippen LogP contribution in [-0.2, 0) is 17.9 Å². The van der Waals surface area contributed by atoms with Gasteiger partial charge < -0.3 is 28.7 Å². The molecule has 1 N–H and O–H groups in total. The molecule has 3 heterocycles. The van der Waals surface area contributed by atoms with E-state index >= 15 is 0 Å². The van der Waals surface area contributed by atoms with E-state index in [1.165, 1.54) is 0 Å². The highest BCUT2D eigenvalue weighted by molar-refractivity contribution is 6.03. The number of amides is 2. The summed E-state index contributed by atoms with van der Waals surface area (Å²) in [5.74, 6) is 1.47. The van der Waals surface area contributed by atoms with Gasteiger partial charge in [-0.05, 0) is 44.6 Å². The van der Waals surface area contributed by atoms with Gasteiger partial charge in [-0.25, -0.2) is 0 Å². The van der Waals surface area contributed by atoms with Crippen molar-refractivity contribution in [3.63, 3.8) is 0 Å². The number of aromatic nitrogens is 1. The van der Waals surface area contributed by atoms with Gasteiger partial charge in [-0.2, -0.15) is 0 Å². The van der Waals surface area contributed by atoms with Crippen molar-refractivity contribution in [3.05, 3.63) is 47.9 Å². The molecule has 1 saturated carbocycles. The monoisotopic (exact) mass is 479 g/mol. The summed E-state index contributed by atoms with van der Waals surface area (Å²) in [4.78, 5) is 29.5. The molecule has 2 aliphatic rings. The number of furan rings is 1. The van der Waals surface area contributed by atoms with Gasteiger partial charge in [0.05, 0.1) is 39.1 Å². The molecule has 3 aromatic rings. The lowest BCUT2D eigenvalue weighted by Crippen LogP contribution is -2.64. The summed E-state index contributed by atoms with van der Waals surface area (Å²) in [6.45, 7) is 4.65. The Kier molecular flexibility index (Phi) is 5.99. The van der Waals surface area contributed by atoms with Crippen LogP contribution >= 0.6 is 0 Å². The molecule has 2 aromatic heterocycles. The number of carbonyl (C=O) groups excluding carboxylic acids is 2.